The summed E-state index contributed by atoms with van der Waals surface area (Å²) in [5.41, 5.74) is -1.30. The Kier molecular flexibility index (Phi) is 5.84. The van der Waals surface area contributed by atoms with Gasteiger partial charge in [-0.3, -0.25) is 4.79 Å². The highest BCUT2D eigenvalue weighted by molar-refractivity contribution is 6.08. The van der Waals surface area contributed by atoms with Crippen molar-refractivity contribution in [2.24, 2.45) is 33.0 Å². The van der Waals surface area contributed by atoms with Gasteiger partial charge in [0, 0.05) is 34.7 Å². The van der Waals surface area contributed by atoms with Crippen molar-refractivity contribution in [2.75, 3.05) is 0 Å². The zero-order valence-electron chi connectivity index (χ0n) is 25.5. The average molecular weight is 555 g/mol. The molecule has 1 aromatic rings. The van der Waals surface area contributed by atoms with E-state index in [0.717, 1.165) is 62.4 Å². The lowest BCUT2D eigenvalue weighted by molar-refractivity contribution is -0.133. The molecule has 41 heavy (non-hydrogen) atoms. The van der Waals surface area contributed by atoms with E-state index in [1.54, 1.807) is 18.5 Å². The van der Waals surface area contributed by atoms with Gasteiger partial charge in [0.05, 0.1) is 12.5 Å². The van der Waals surface area contributed by atoms with Crippen LogP contribution in [0.4, 0.5) is 4.79 Å². The van der Waals surface area contributed by atoms with Crippen molar-refractivity contribution >= 4 is 17.6 Å². The molecule has 5 atom stereocenters. The molecule has 3 fully saturated rings. The van der Waals surface area contributed by atoms with E-state index in [0.29, 0.717) is 0 Å². The maximum atomic E-state index is 14.5. The predicted molar refractivity (Wildman–Crippen MR) is 156 cm³/mol. The van der Waals surface area contributed by atoms with Crippen LogP contribution in [-0.2, 0) is 9.59 Å². The number of allylic oxidation sites excluding steroid dienone is 4. The number of carbonyl (C=O) groups excluding carboxylic acids is 3. The van der Waals surface area contributed by atoms with Gasteiger partial charge < -0.3 is 10.1 Å². The molecule has 1 amide bonds. The van der Waals surface area contributed by atoms with Gasteiger partial charge in [0.25, 0.3) is 0 Å². The fraction of sp³-hybridized carbons (Fsp3) is 0.618. The molecule has 0 saturated heterocycles. The Morgan fingerprint density at radius 1 is 1.02 bits per heavy atom. The van der Waals surface area contributed by atoms with Crippen molar-refractivity contribution in [3.8, 4) is 0 Å². The summed E-state index contributed by atoms with van der Waals surface area (Å²) in [7, 11) is 0. The number of ketones is 2. The Labute approximate surface area is 244 Å². The van der Waals surface area contributed by atoms with Crippen LogP contribution in [0.3, 0.4) is 0 Å². The highest BCUT2D eigenvalue weighted by atomic mass is 16.2. The van der Waals surface area contributed by atoms with E-state index < -0.39 is 21.8 Å². The minimum Gasteiger partial charge on any atom is -0.330 e. The summed E-state index contributed by atoms with van der Waals surface area (Å²) < 4.78 is 1.34. The van der Waals surface area contributed by atoms with Crippen LogP contribution in [0, 0.1) is 51.4 Å². The zero-order valence-corrected chi connectivity index (χ0v) is 25.5. The van der Waals surface area contributed by atoms with Gasteiger partial charge in [-0.15, -0.1) is 0 Å². The summed E-state index contributed by atoms with van der Waals surface area (Å²) in [6.07, 6.45) is 12.8. The van der Waals surface area contributed by atoms with Gasteiger partial charge in [0.15, 0.2) is 11.6 Å². The molecule has 0 bridgehead atoms. The summed E-state index contributed by atoms with van der Waals surface area (Å²) in [5.74, 6) is 1.93. The van der Waals surface area contributed by atoms with Crippen LogP contribution >= 0.6 is 0 Å². The van der Waals surface area contributed by atoms with Gasteiger partial charge in [0.2, 0.25) is 5.70 Å². The smallest absolute Gasteiger partial charge is 0.330 e. The van der Waals surface area contributed by atoms with Gasteiger partial charge in [-0.25, -0.2) is 9.64 Å². The lowest BCUT2D eigenvalue weighted by Gasteiger charge is -2.68. The number of Topliss-reactive ketones (excluding diaryl/α,β-unsaturated/α-hetero) is 1. The Morgan fingerprint density at radius 2 is 1.73 bits per heavy atom. The molecule has 0 unspecified atom stereocenters. The SMILES string of the molecule is [C-]#[N+]C1=C[C@]2(C)C3=CC(=O)[C]4[C]5CC(C)(C)CC[C@]5(NC(=O)n5cccn5)CC[C@@]4(C)[C@]3(C)CC[C@H]2C(C)(C)C1=O. The summed E-state index contributed by atoms with van der Waals surface area (Å²) in [4.78, 5) is 44.8. The number of nitrogens with zero attached hydrogens (tertiary/aromatic N) is 3. The van der Waals surface area contributed by atoms with Crippen LogP contribution in [0.5, 0.6) is 0 Å². The normalized spacial score (nSPS) is 39.7. The maximum Gasteiger partial charge on any atom is 0.342 e. The molecule has 5 aliphatic rings. The molecule has 2 radical (unpaired) electrons. The second kappa shape index (κ2) is 8.52. The van der Waals surface area contributed by atoms with E-state index >= 15 is 0 Å². The van der Waals surface area contributed by atoms with Crippen LogP contribution < -0.4 is 5.32 Å². The fourth-order valence-electron chi connectivity index (χ4n) is 9.74. The van der Waals surface area contributed by atoms with E-state index in [2.05, 4.69) is 49.9 Å². The van der Waals surface area contributed by atoms with E-state index in [4.69, 9.17) is 6.57 Å². The third kappa shape index (κ3) is 3.61. The first-order chi connectivity index (χ1) is 19.0. The van der Waals surface area contributed by atoms with E-state index in [9.17, 15) is 14.4 Å². The zero-order chi connectivity index (χ0) is 29.8. The number of nitrogens with one attached hydrogen (secondary N) is 1. The van der Waals surface area contributed by atoms with Crippen molar-refractivity contribution in [3.05, 3.63) is 65.1 Å². The molecular weight excluding hydrogens is 512 g/mol. The number of fused-ring (bicyclic) bond motifs is 7. The van der Waals surface area contributed by atoms with Crippen molar-refractivity contribution in [1.82, 2.24) is 15.1 Å². The third-order valence-corrected chi connectivity index (χ3v) is 12.2. The van der Waals surface area contributed by atoms with E-state index in [1.807, 2.05) is 26.0 Å². The Hall–Kier alpha value is -3.01. The number of hydrogen-bond donors (Lipinski definition) is 1. The van der Waals surface area contributed by atoms with Crippen molar-refractivity contribution in [1.29, 1.82) is 0 Å². The van der Waals surface area contributed by atoms with Crippen LogP contribution in [-0.4, -0.2) is 32.9 Å². The predicted octanol–water partition coefficient (Wildman–Crippen LogP) is 6.68. The Morgan fingerprint density at radius 3 is 2.39 bits per heavy atom. The lowest BCUT2D eigenvalue weighted by atomic mass is 9.35. The number of amides is 1. The summed E-state index contributed by atoms with van der Waals surface area (Å²) in [6.45, 7) is 23.0. The number of rotatable bonds is 1. The molecule has 7 heteroatoms. The van der Waals surface area contributed by atoms with Crippen LogP contribution in [0.25, 0.3) is 4.85 Å². The maximum absolute atomic E-state index is 14.5. The minimum atomic E-state index is -0.680. The quantitative estimate of drug-likeness (QED) is 0.392. The molecule has 0 aliphatic heterocycles. The molecule has 5 aliphatic carbocycles. The second-order valence-electron chi connectivity index (χ2n) is 15.3. The molecular formula is C34H42N4O3. The van der Waals surface area contributed by atoms with Crippen molar-refractivity contribution in [3.63, 3.8) is 0 Å². The van der Waals surface area contributed by atoms with Gasteiger partial charge in [-0.1, -0.05) is 60.1 Å². The molecule has 0 spiro atoms. The molecule has 216 valence electrons. The third-order valence-electron chi connectivity index (χ3n) is 12.2. The van der Waals surface area contributed by atoms with Crippen molar-refractivity contribution in [2.45, 2.75) is 99.0 Å². The number of hydrogen-bond acceptors (Lipinski definition) is 4. The highest BCUT2D eigenvalue weighted by Gasteiger charge is 2.70. The largest absolute Gasteiger partial charge is 0.342 e. The average Bonchev–Trinajstić information content (AvgIpc) is 3.44. The molecule has 1 heterocycles. The first-order valence-electron chi connectivity index (χ1n) is 15.0. The van der Waals surface area contributed by atoms with Gasteiger partial charge in [0.1, 0.15) is 0 Å². The van der Waals surface area contributed by atoms with Crippen LogP contribution in [0.2, 0.25) is 0 Å². The monoisotopic (exact) mass is 554 g/mol. The van der Waals surface area contributed by atoms with Crippen LogP contribution in [0.15, 0.2) is 41.9 Å². The lowest BCUT2D eigenvalue weighted by Crippen LogP contribution is -2.68. The molecule has 0 aromatic carbocycles. The fourth-order valence-corrected chi connectivity index (χ4v) is 9.74. The second-order valence-corrected chi connectivity index (χ2v) is 15.3. The molecule has 7 nitrogen and oxygen atoms in total. The van der Waals surface area contributed by atoms with Gasteiger partial charge in [-0.2, -0.15) is 9.78 Å². The van der Waals surface area contributed by atoms with Crippen LogP contribution in [0.1, 0.15) is 93.4 Å². The summed E-state index contributed by atoms with van der Waals surface area (Å²) in [5, 5.41) is 7.52. The summed E-state index contributed by atoms with van der Waals surface area (Å²) in [6, 6.07) is 1.47. The molecule has 3 saturated carbocycles. The highest BCUT2D eigenvalue weighted by Crippen LogP contribution is 2.74. The van der Waals surface area contributed by atoms with E-state index in [1.165, 1.54) is 4.68 Å². The van der Waals surface area contributed by atoms with Gasteiger partial charge in [-0.05, 0) is 79.3 Å². The number of aromatic nitrogens is 2. The summed E-state index contributed by atoms with van der Waals surface area (Å²) >= 11 is 0. The first-order valence-corrected chi connectivity index (χ1v) is 15.0. The minimum absolute atomic E-state index is 0.0103. The Balaban J connectivity index is 1.48. The first kappa shape index (κ1) is 28.1. The van der Waals surface area contributed by atoms with E-state index in [-0.39, 0.29) is 40.0 Å². The number of carbonyl (C=O) groups is 3. The molecule has 1 N–H and O–H groups in total. The van der Waals surface area contributed by atoms with Gasteiger partial charge >= 0.3 is 6.03 Å². The van der Waals surface area contributed by atoms with Crippen molar-refractivity contribution < 1.29 is 14.4 Å². The molecule has 1 aromatic heterocycles. The molecule has 6 rings (SSSR count). The Bertz CT molecular complexity index is 1440. The topological polar surface area (TPSA) is 85.4 Å². The standard InChI is InChI=1S/C34H42N4O3/c1-29(2)12-14-34(37-28(41)38-17-9-16-36-38)15-13-33(7)26(21(34)19-29)23(39)18-25-31(5)20-22(35-8)27(40)30(3,4)24(31)10-11-32(25,33)6/h9,16-18,20,24H,10-15,19H2,1-7H3,(H,37,41)/t24-,31-,32+,33+,34-/m0/s1.